The fraction of sp³-hybridized carbons (Fsp3) is 1.00. The van der Waals surface area contributed by atoms with E-state index in [-0.39, 0.29) is 5.92 Å². The van der Waals surface area contributed by atoms with Gasteiger partial charge in [0.05, 0.1) is 16.6 Å². The molecule has 1 saturated carbocycles. The molecule has 4 nitrogen and oxygen atoms in total. The highest BCUT2D eigenvalue weighted by Gasteiger charge is 2.41. The van der Waals surface area contributed by atoms with Crippen LogP contribution in [0.25, 0.3) is 0 Å². The molecule has 0 aromatic heterocycles. The summed E-state index contributed by atoms with van der Waals surface area (Å²) in [6, 6.07) is -0.680. The van der Waals surface area contributed by atoms with E-state index < -0.39 is 32.5 Å². The summed E-state index contributed by atoms with van der Waals surface area (Å²) in [5, 5.41) is 8.64. The van der Waals surface area contributed by atoms with Crippen LogP contribution >= 0.6 is 0 Å². The van der Waals surface area contributed by atoms with Crippen LogP contribution in [0.15, 0.2) is 0 Å². The minimum Gasteiger partial charge on any atom is -0.392 e. The molecular weight excluding hydrogens is 250 g/mol. The van der Waals surface area contributed by atoms with Gasteiger partial charge in [0.1, 0.15) is 0 Å². The Balaban J connectivity index is 3.01. The summed E-state index contributed by atoms with van der Waals surface area (Å²) in [5.74, 6) is 0.107. The summed E-state index contributed by atoms with van der Waals surface area (Å²) < 4.78 is 25.0. The summed E-state index contributed by atoms with van der Waals surface area (Å²) in [5.41, 5.74) is 5.99. The molecule has 3 atom stereocenters. The smallest absolute Gasteiger partial charge is 0.157 e. The Morgan fingerprint density at radius 2 is 1.61 bits per heavy atom. The summed E-state index contributed by atoms with van der Waals surface area (Å²) in [6.07, 6.45) is 4.36. The molecule has 1 fully saturated rings. The SMILES string of the molecule is CC(O)C(N)C(C1CCCCC1)S(=O)(=O)C(C)C. The lowest BCUT2D eigenvalue weighted by molar-refractivity contribution is 0.145. The van der Waals surface area contributed by atoms with Crippen molar-refractivity contribution in [2.24, 2.45) is 11.7 Å². The predicted molar refractivity (Wildman–Crippen MR) is 74.1 cm³/mol. The Bertz CT molecular complexity index is 345. The van der Waals surface area contributed by atoms with Crippen molar-refractivity contribution in [1.29, 1.82) is 0 Å². The third-order valence-electron chi connectivity index (χ3n) is 4.09. The minimum absolute atomic E-state index is 0.107. The monoisotopic (exact) mass is 277 g/mol. The number of hydrogen-bond donors (Lipinski definition) is 2. The molecule has 0 bridgehead atoms. The molecule has 1 aliphatic rings. The molecule has 3 N–H and O–H groups in total. The highest BCUT2D eigenvalue weighted by molar-refractivity contribution is 7.92. The Kier molecular flexibility index (Phi) is 5.62. The van der Waals surface area contributed by atoms with Gasteiger partial charge in [-0.1, -0.05) is 19.3 Å². The lowest BCUT2D eigenvalue weighted by Gasteiger charge is -2.36. The molecule has 0 heterocycles. The van der Waals surface area contributed by atoms with E-state index in [1.54, 1.807) is 20.8 Å². The molecule has 18 heavy (non-hydrogen) atoms. The van der Waals surface area contributed by atoms with Crippen LogP contribution in [0.1, 0.15) is 52.9 Å². The summed E-state index contributed by atoms with van der Waals surface area (Å²) >= 11 is 0. The first kappa shape index (κ1) is 15.9. The maximum absolute atomic E-state index is 12.5. The maximum Gasteiger partial charge on any atom is 0.157 e. The van der Waals surface area contributed by atoms with Crippen LogP contribution in [0, 0.1) is 5.92 Å². The van der Waals surface area contributed by atoms with Gasteiger partial charge in [0, 0.05) is 6.04 Å². The maximum atomic E-state index is 12.5. The van der Waals surface area contributed by atoms with Crippen LogP contribution in [0.3, 0.4) is 0 Å². The Labute approximate surface area is 111 Å². The number of hydrogen-bond acceptors (Lipinski definition) is 4. The van der Waals surface area contributed by atoms with Gasteiger partial charge in [-0.05, 0) is 39.5 Å². The standard InChI is InChI=1S/C13H27NO3S/c1-9(2)18(16,17)13(12(14)10(3)15)11-7-5-4-6-8-11/h9-13,15H,4-8,14H2,1-3H3. The van der Waals surface area contributed by atoms with Gasteiger partial charge in [-0.2, -0.15) is 0 Å². The molecule has 108 valence electrons. The summed E-state index contributed by atoms with van der Waals surface area (Å²) in [4.78, 5) is 0. The second kappa shape index (κ2) is 6.35. The van der Waals surface area contributed by atoms with E-state index in [0.717, 1.165) is 25.7 Å². The lowest BCUT2D eigenvalue weighted by Crippen LogP contribution is -2.53. The first-order chi connectivity index (χ1) is 8.28. The van der Waals surface area contributed by atoms with Crippen LogP contribution in [0.2, 0.25) is 0 Å². The second-order valence-electron chi connectivity index (χ2n) is 5.82. The third kappa shape index (κ3) is 3.45. The molecule has 5 heteroatoms. The van der Waals surface area contributed by atoms with Crippen LogP contribution in [0.4, 0.5) is 0 Å². The molecule has 1 rings (SSSR count). The molecular formula is C13H27NO3S. The zero-order chi connectivity index (χ0) is 13.9. The van der Waals surface area contributed by atoms with E-state index in [4.69, 9.17) is 5.73 Å². The van der Waals surface area contributed by atoms with Gasteiger partial charge in [0.25, 0.3) is 0 Å². The average Bonchev–Trinajstić information content (AvgIpc) is 2.29. The van der Waals surface area contributed by atoms with Gasteiger partial charge in [0.15, 0.2) is 9.84 Å². The van der Waals surface area contributed by atoms with E-state index in [1.165, 1.54) is 6.42 Å². The summed E-state index contributed by atoms with van der Waals surface area (Å²) in [7, 11) is -3.27. The number of rotatable bonds is 5. The van der Waals surface area contributed by atoms with E-state index in [9.17, 15) is 13.5 Å². The van der Waals surface area contributed by atoms with Gasteiger partial charge in [-0.15, -0.1) is 0 Å². The number of aliphatic hydroxyl groups is 1. The quantitative estimate of drug-likeness (QED) is 0.797. The van der Waals surface area contributed by atoms with Crippen molar-refractivity contribution in [3.8, 4) is 0 Å². The molecule has 0 aromatic rings. The Hall–Kier alpha value is -0.130. The first-order valence-corrected chi connectivity index (χ1v) is 8.55. The molecule has 3 unspecified atom stereocenters. The van der Waals surface area contributed by atoms with Gasteiger partial charge in [-0.3, -0.25) is 0 Å². The minimum atomic E-state index is -3.27. The van der Waals surface area contributed by atoms with E-state index in [0.29, 0.717) is 0 Å². The van der Waals surface area contributed by atoms with Crippen LogP contribution in [-0.4, -0.2) is 36.2 Å². The number of aliphatic hydroxyl groups excluding tert-OH is 1. The molecule has 0 aliphatic heterocycles. The zero-order valence-electron chi connectivity index (χ0n) is 11.7. The van der Waals surface area contributed by atoms with E-state index in [2.05, 4.69) is 0 Å². The molecule has 1 aliphatic carbocycles. The van der Waals surface area contributed by atoms with Crippen molar-refractivity contribution in [2.75, 3.05) is 0 Å². The number of sulfone groups is 1. The lowest BCUT2D eigenvalue weighted by atomic mass is 9.83. The van der Waals surface area contributed by atoms with Crippen molar-refractivity contribution in [3.63, 3.8) is 0 Å². The van der Waals surface area contributed by atoms with Gasteiger partial charge < -0.3 is 10.8 Å². The first-order valence-electron chi connectivity index (χ1n) is 6.94. The fourth-order valence-corrected chi connectivity index (χ4v) is 4.96. The van der Waals surface area contributed by atoms with E-state index >= 15 is 0 Å². The number of nitrogens with two attached hydrogens (primary N) is 1. The van der Waals surface area contributed by atoms with E-state index in [1.807, 2.05) is 0 Å². The average molecular weight is 277 g/mol. The Morgan fingerprint density at radius 3 is 2.00 bits per heavy atom. The molecule has 0 amide bonds. The van der Waals surface area contributed by atoms with Crippen LogP contribution < -0.4 is 5.73 Å². The van der Waals surface area contributed by atoms with Gasteiger partial charge >= 0.3 is 0 Å². The van der Waals surface area contributed by atoms with Crippen molar-refractivity contribution in [1.82, 2.24) is 0 Å². The van der Waals surface area contributed by atoms with Gasteiger partial charge in [-0.25, -0.2) is 8.42 Å². The fourth-order valence-electron chi connectivity index (χ4n) is 2.85. The molecule has 0 spiro atoms. The molecule has 0 saturated heterocycles. The third-order valence-corrected chi connectivity index (χ3v) is 6.86. The van der Waals surface area contributed by atoms with Crippen LogP contribution in [0.5, 0.6) is 0 Å². The normalized spacial score (nSPS) is 23.9. The molecule has 0 aromatic carbocycles. The zero-order valence-corrected chi connectivity index (χ0v) is 12.5. The Morgan fingerprint density at radius 1 is 1.11 bits per heavy atom. The summed E-state index contributed by atoms with van der Waals surface area (Å²) in [6.45, 7) is 4.97. The van der Waals surface area contributed by atoms with Crippen molar-refractivity contribution in [2.45, 2.75) is 75.5 Å². The topological polar surface area (TPSA) is 80.4 Å². The second-order valence-corrected chi connectivity index (χ2v) is 8.48. The van der Waals surface area contributed by atoms with Gasteiger partial charge in [0.2, 0.25) is 0 Å². The van der Waals surface area contributed by atoms with Crippen molar-refractivity contribution in [3.05, 3.63) is 0 Å². The highest BCUT2D eigenvalue weighted by atomic mass is 32.2. The van der Waals surface area contributed by atoms with Crippen LogP contribution in [-0.2, 0) is 9.84 Å². The molecule has 0 radical (unpaired) electrons. The van der Waals surface area contributed by atoms with Crippen molar-refractivity contribution >= 4 is 9.84 Å². The highest BCUT2D eigenvalue weighted by Crippen LogP contribution is 2.33. The predicted octanol–water partition coefficient (Wildman–Crippen LogP) is 1.47. The van der Waals surface area contributed by atoms with Crippen molar-refractivity contribution < 1.29 is 13.5 Å². The largest absolute Gasteiger partial charge is 0.392 e.